The van der Waals surface area contributed by atoms with Gasteiger partial charge >= 0.3 is 0 Å². The highest BCUT2D eigenvalue weighted by molar-refractivity contribution is 8.21. The SMILES string of the molecule is CCCC1(Cc2ccccc2)SCCS1. The Morgan fingerprint density at radius 2 is 1.80 bits per heavy atom. The number of thioether (sulfide) groups is 2. The monoisotopic (exact) mass is 238 g/mol. The molecule has 82 valence electrons. The Balaban J connectivity index is 2.07. The van der Waals surface area contributed by atoms with Gasteiger partial charge in [0, 0.05) is 11.5 Å². The van der Waals surface area contributed by atoms with Crippen LogP contribution < -0.4 is 0 Å². The van der Waals surface area contributed by atoms with Gasteiger partial charge in [-0.2, -0.15) is 0 Å². The fourth-order valence-corrected chi connectivity index (χ4v) is 5.60. The lowest BCUT2D eigenvalue weighted by molar-refractivity contribution is 0.696. The van der Waals surface area contributed by atoms with Crippen molar-refractivity contribution in [3.05, 3.63) is 35.9 Å². The van der Waals surface area contributed by atoms with Crippen molar-refractivity contribution in [2.45, 2.75) is 30.3 Å². The molecule has 0 amide bonds. The quantitative estimate of drug-likeness (QED) is 0.771. The molecule has 0 aliphatic carbocycles. The molecule has 1 aromatic carbocycles. The first-order chi connectivity index (χ1) is 7.35. The van der Waals surface area contributed by atoms with Crippen molar-refractivity contribution in [2.75, 3.05) is 11.5 Å². The molecule has 1 heterocycles. The molecule has 0 bridgehead atoms. The summed E-state index contributed by atoms with van der Waals surface area (Å²) in [6.45, 7) is 2.30. The zero-order valence-electron chi connectivity index (χ0n) is 9.24. The second-order valence-corrected chi connectivity index (χ2v) is 7.24. The van der Waals surface area contributed by atoms with Crippen molar-refractivity contribution in [2.24, 2.45) is 0 Å². The predicted molar refractivity (Wildman–Crippen MR) is 72.7 cm³/mol. The van der Waals surface area contributed by atoms with Crippen molar-refractivity contribution in [1.82, 2.24) is 0 Å². The zero-order chi connectivity index (χ0) is 10.6. The minimum atomic E-state index is 0.482. The van der Waals surface area contributed by atoms with Gasteiger partial charge in [0.1, 0.15) is 0 Å². The Hall–Kier alpha value is -0.0800. The predicted octanol–water partition coefficient (Wildman–Crippen LogP) is 4.21. The molecule has 15 heavy (non-hydrogen) atoms. The van der Waals surface area contributed by atoms with Gasteiger partial charge < -0.3 is 0 Å². The van der Waals surface area contributed by atoms with Crippen LogP contribution in [0.5, 0.6) is 0 Å². The van der Waals surface area contributed by atoms with Crippen LogP contribution >= 0.6 is 23.5 Å². The molecule has 1 saturated heterocycles. The fraction of sp³-hybridized carbons (Fsp3) is 0.538. The molecule has 1 aliphatic rings. The first-order valence-electron chi connectivity index (χ1n) is 5.66. The Bertz CT molecular complexity index is 289. The smallest absolute Gasteiger partial charge is 0.0651 e. The summed E-state index contributed by atoms with van der Waals surface area (Å²) in [6.07, 6.45) is 3.88. The lowest BCUT2D eigenvalue weighted by Crippen LogP contribution is -2.20. The van der Waals surface area contributed by atoms with E-state index in [9.17, 15) is 0 Å². The first-order valence-corrected chi connectivity index (χ1v) is 7.64. The summed E-state index contributed by atoms with van der Waals surface area (Å²) in [5.41, 5.74) is 1.49. The third-order valence-electron chi connectivity index (χ3n) is 2.76. The van der Waals surface area contributed by atoms with Crippen LogP contribution in [0.15, 0.2) is 30.3 Å². The first kappa shape index (κ1) is 11.4. The number of benzene rings is 1. The molecule has 2 rings (SSSR count). The lowest BCUT2D eigenvalue weighted by Gasteiger charge is -2.26. The second-order valence-electron chi connectivity index (χ2n) is 4.02. The maximum atomic E-state index is 2.30. The third-order valence-corrected chi connectivity index (χ3v) is 6.29. The number of hydrogen-bond acceptors (Lipinski definition) is 2. The highest BCUT2D eigenvalue weighted by Crippen LogP contribution is 2.49. The van der Waals surface area contributed by atoms with Gasteiger partial charge in [-0.25, -0.2) is 0 Å². The average Bonchev–Trinajstić information content (AvgIpc) is 2.69. The molecular weight excluding hydrogens is 220 g/mol. The maximum absolute atomic E-state index is 2.30. The van der Waals surface area contributed by atoms with E-state index in [0.717, 1.165) is 0 Å². The summed E-state index contributed by atoms with van der Waals surface area (Å²) in [6, 6.07) is 10.9. The minimum Gasteiger partial charge on any atom is -0.143 e. The molecular formula is C13H18S2. The molecule has 0 nitrogen and oxygen atoms in total. The van der Waals surface area contributed by atoms with Crippen LogP contribution in [0.3, 0.4) is 0 Å². The standard InChI is InChI=1S/C13H18S2/c1-2-8-13(14-9-10-15-13)11-12-6-4-3-5-7-12/h3-7H,2,8-11H2,1H3. The van der Waals surface area contributed by atoms with E-state index >= 15 is 0 Å². The number of hydrogen-bond donors (Lipinski definition) is 0. The van der Waals surface area contributed by atoms with Gasteiger partial charge in [-0.1, -0.05) is 43.7 Å². The highest BCUT2D eigenvalue weighted by Gasteiger charge is 2.34. The van der Waals surface area contributed by atoms with Crippen LogP contribution in [0.4, 0.5) is 0 Å². The average molecular weight is 238 g/mol. The summed E-state index contributed by atoms with van der Waals surface area (Å²) in [7, 11) is 0. The molecule has 2 heteroatoms. The summed E-state index contributed by atoms with van der Waals surface area (Å²) in [5, 5.41) is 0. The Kier molecular flexibility index (Phi) is 4.04. The van der Waals surface area contributed by atoms with Crippen molar-refractivity contribution in [3.8, 4) is 0 Å². The van der Waals surface area contributed by atoms with Gasteiger partial charge in [0.25, 0.3) is 0 Å². The van der Waals surface area contributed by atoms with Gasteiger partial charge in [-0.05, 0) is 18.4 Å². The molecule has 0 radical (unpaired) electrons. The molecule has 0 atom stereocenters. The van der Waals surface area contributed by atoms with Crippen LogP contribution in [-0.2, 0) is 6.42 Å². The largest absolute Gasteiger partial charge is 0.143 e. The summed E-state index contributed by atoms with van der Waals surface area (Å²) in [5.74, 6) is 2.66. The molecule has 0 N–H and O–H groups in total. The number of rotatable bonds is 4. The van der Waals surface area contributed by atoms with E-state index in [1.807, 2.05) is 0 Å². The minimum absolute atomic E-state index is 0.482. The molecule has 0 unspecified atom stereocenters. The Morgan fingerprint density at radius 1 is 1.13 bits per heavy atom. The molecule has 0 aromatic heterocycles. The summed E-state index contributed by atoms with van der Waals surface area (Å²) in [4.78, 5) is 0. The van der Waals surface area contributed by atoms with Gasteiger partial charge in [-0.15, -0.1) is 23.5 Å². The lowest BCUT2D eigenvalue weighted by atomic mass is 10.1. The van der Waals surface area contributed by atoms with E-state index in [1.165, 1.54) is 36.3 Å². The third kappa shape index (κ3) is 2.94. The van der Waals surface area contributed by atoms with Gasteiger partial charge in [-0.3, -0.25) is 0 Å². The molecule has 1 aromatic rings. The van der Waals surface area contributed by atoms with E-state index in [4.69, 9.17) is 0 Å². The summed E-state index contributed by atoms with van der Waals surface area (Å²) < 4.78 is 0.482. The van der Waals surface area contributed by atoms with Crippen LogP contribution in [-0.4, -0.2) is 15.6 Å². The van der Waals surface area contributed by atoms with E-state index in [1.54, 1.807) is 0 Å². The van der Waals surface area contributed by atoms with Crippen molar-refractivity contribution < 1.29 is 0 Å². The maximum Gasteiger partial charge on any atom is 0.0651 e. The molecule has 0 spiro atoms. The van der Waals surface area contributed by atoms with Crippen LogP contribution in [0.2, 0.25) is 0 Å². The van der Waals surface area contributed by atoms with Gasteiger partial charge in [0.05, 0.1) is 4.08 Å². The Morgan fingerprint density at radius 3 is 2.40 bits per heavy atom. The fourth-order valence-electron chi connectivity index (χ4n) is 2.12. The second kappa shape index (κ2) is 5.31. The van der Waals surface area contributed by atoms with E-state index < -0.39 is 0 Å². The molecule has 1 aliphatic heterocycles. The van der Waals surface area contributed by atoms with E-state index in [0.29, 0.717) is 4.08 Å². The van der Waals surface area contributed by atoms with Crippen LogP contribution in [0.1, 0.15) is 25.3 Å². The van der Waals surface area contributed by atoms with Crippen LogP contribution in [0.25, 0.3) is 0 Å². The Labute approximate surface area is 101 Å². The van der Waals surface area contributed by atoms with Crippen molar-refractivity contribution >= 4 is 23.5 Å². The molecule has 0 saturated carbocycles. The topological polar surface area (TPSA) is 0 Å². The highest BCUT2D eigenvalue weighted by atomic mass is 32.2. The van der Waals surface area contributed by atoms with Gasteiger partial charge in [0.2, 0.25) is 0 Å². The molecule has 1 fully saturated rings. The normalized spacial score (nSPS) is 19.3. The van der Waals surface area contributed by atoms with Crippen molar-refractivity contribution in [1.29, 1.82) is 0 Å². The van der Waals surface area contributed by atoms with Crippen molar-refractivity contribution in [3.63, 3.8) is 0 Å². The van der Waals surface area contributed by atoms with Gasteiger partial charge in [0.15, 0.2) is 0 Å². The summed E-state index contributed by atoms with van der Waals surface area (Å²) >= 11 is 4.34. The zero-order valence-corrected chi connectivity index (χ0v) is 10.9. The van der Waals surface area contributed by atoms with Crippen LogP contribution in [0, 0.1) is 0 Å². The van der Waals surface area contributed by atoms with E-state index in [2.05, 4.69) is 60.8 Å². The van der Waals surface area contributed by atoms with E-state index in [-0.39, 0.29) is 0 Å².